The molecule has 0 amide bonds. The lowest BCUT2D eigenvalue weighted by Gasteiger charge is -2.07. The van der Waals surface area contributed by atoms with E-state index < -0.39 is 0 Å². The molecule has 144 valence electrons. The van der Waals surface area contributed by atoms with Gasteiger partial charge in [0.2, 0.25) is 0 Å². The van der Waals surface area contributed by atoms with Crippen LogP contribution >= 0.6 is 35.0 Å². The van der Waals surface area contributed by atoms with Crippen molar-refractivity contribution in [2.45, 2.75) is 25.5 Å². The van der Waals surface area contributed by atoms with E-state index in [1.165, 1.54) is 11.8 Å². The number of halogens is 2. The SMILES string of the molecule is Cc1cc(C(=O)CSc2nnc3c(Cl)cc(Cl)cn23)c(C)n1Cc1ccco1. The van der Waals surface area contributed by atoms with E-state index in [9.17, 15) is 4.79 Å². The van der Waals surface area contributed by atoms with Crippen LogP contribution in [0.1, 0.15) is 27.5 Å². The molecule has 0 aliphatic heterocycles. The van der Waals surface area contributed by atoms with Gasteiger partial charge in [-0.05, 0) is 38.1 Å². The van der Waals surface area contributed by atoms with Crippen molar-refractivity contribution in [3.05, 3.63) is 69.5 Å². The molecule has 0 spiro atoms. The third kappa shape index (κ3) is 3.57. The van der Waals surface area contributed by atoms with Crippen molar-refractivity contribution in [3.63, 3.8) is 0 Å². The maximum atomic E-state index is 12.8. The molecule has 0 aromatic carbocycles. The highest BCUT2D eigenvalue weighted by atomic mass is 35.5. The van der Waals surface area contributed by atoms with Crippen LogP contribution in [0.2, 0.25) is 10.0 Å². The Kier molecular flexibility index (Phi) is 5.23. The van der Waals surface area contributed by atoms with Gasteiger partial charge in [0.1, 0.15) is 5.76 Å². The van der Waals surface area contributed by atoms with Crippen molar-refractivity contribution in [3.8, 4) is 0 Å². The maximum absolute atomic E-state index is 12.8. The van der Waals surface area contributed by atoms with Crippen LogP contribution < -0.4 is 0 Å². The predicted molar refractivity (Wildman–Crippen MR) is 110 cm³/mol. The first kappa shape index (κ1) is 19.1. The van der Waals surface area contributed by atoms with Crippen LogP contribution in [-0.2, 0) is 6.54 Å². The molecule has 4 aromatic rings. The van der Waals surface area contributed by atoms with Crippen LogP contribution in [-0.4, -0.2) is 30.7 Å². The maximum Gasteiger partial charge on any atom is 0.196 e. The van der Waals surface area contributed by atoms with E-state index in [0.29, 0.717) is 33.0 Å². The average molecular weight is 435 g/mol. The van der Waals surface area contributed by atoms with Crippen LogP contribution in [0.5, 0.6) is 0 Å². The van der Waals surface area contributed by atoms with Gasteiger partial charge >= 0.3 is 0 Å². The average Bonchev–Trinajstić information content (AvgIpc) is 3.36. The van der Waals surface area contributed by atoms with Crippen molar-refractivity contribution in [2.75, 3.05) is 5.75 Å². The van der Waals surface area contributed by atoms with Gasteiger partial charge in [0.15, 0.2) is 16.6 Å². The summed E-state index contributed by atoms with van der Waals surface area (Å²) in [6.07, 6.45) is 3.33. The van der Waals surface area contributed by atoms with Gasteiger partial charge < -0.3 is 8.98 Å². The summed E-state index contributed by atoms with van der Waals surface area (Å²) in [5.74, 6) is 1.10. The number of Topliss-reactive ketones (excluding diaryl/α,β-unsaturated/α-hetero) is 1. The smallest absolute Gasteiger partial charge is 0.196 e. The Bertz CT molecular complexity index is 1160. The monoisotopic (exact) mass is 434 g/mol. The Hall–Kier alpha value is -2.22. The van der Waals surface area contributed by atoms with Gasteiger partial charge in [0.25, 0.3) is 0 Å². The van der Waals surface area contributed by atoms with Gasteiger partial charge in [-0.2, -0.15) is 0 Å². The van der Waals surface area contributed by atoms with Crippen molar-refractivity contribution in [1.82, 2.24) is 19.2 Å². The summed E-state index contributed by atoms with van der Waals surface area (Å²) in [5.41, 5.74) is 3.13. The van der Waals surface area contributed by atoms with Crippen molar-refractivity contribution in [1.29, 1.82) is 0 Å². The van der Waals surface area contributed by atoms with Crippen LogP contribution in [0.3, 0.4) is 0 Å². The quantitative estimate of drug-likeness (QED) is 0.313. The summed E-state index contributed by atoms with van der Waals surface area (Å²) in [6, 6.07) is 7.30. The molecule has 0 saturated carbocycles. The van der Waals surface area contributed by atoms with Gasteiger partial charge in [-0.3, -0.25) is 9.20 Å². The minimum atomic E-state index is 0.0219. The minimum absolute atomic E-state index is 0.0219. The number of pyridine rings is 1. The highest BCUT2D eigenvalue weighted by Gasteiger charge is 2.18. The van der Waals surface area contributed by atoms with Gasteiger partial charge in [0, 0.05) is 23.1 Å². The molecule has 0 N–H and O–H groups in total. The van der Waals surface area contributed by atoms with Gasteiger partial charge in [-0.15, -0.1) is 10.2 Å². The molecule has 6 nitrogen and oxygen atoms in total. The molecule has 0 atom stereocenters. The van der Waals surface area contributed by atoms with Crippen molar-refractivity contribution >= 4 is 46.4 Å². The van der Waals surface area contributed by atoms with E-state index in [0.717, 1.165) is 17.1 Å². The zero-order chi connectivity index (χ0) is 19.8. The third-order valence-corrected chi connectivity index (χ3v) is 5.92. The minimum Gasteiger partial charge on any atom is -0.467 e. The fourth-order valence-corrected chi connectivity index (χ4v) is 4.40. The summed E-state index contributed by atoms with van der Waals surface area (Å²) in [6.45, 7) is 4.52. The Labute approximate surface area is 175 Å². The molecule has 4 heterocycles. The van der Waals surface area contributed by atoms with E-state index in [1.807, 2.05) is 32.0 Å². The number of hydrogen-bond donors (Lipinski definition) is 0. The lowest BCUT2D eigenvalue weighted by atomic mass is 10.2. The summed E-state index contributed by atoms with van der Waals surface area (Å²) in [5, 5.41) is 9.65. The molecular formula is C19H16Cl2N4O2S. The van der Waals surface area contributed by atoms with E-state index in [4.69, 9.17) is 27.6 Å². The third-order valence-electron chi connectivity index (χ3n) is 4.50. The molecule has 9 heteroatoms. The van der Waals surface area contributed by atoms with Gasteiger partial charge in [-0.1, -0.05) is 35.0 Å². The summed E-state index contributed by atoms with van der Waals surface area (Å²) in [4.78, 5) is 12.8. The topological polar surface area (TPSA) is 65.3 Å². The molecule has 0 fully saturated rings. The second-order valence-corrected chi connectivity index (χ2v) is 8.13. The number of ketones is 1. The number of carbonyl (C=O) groups is 1. The molecule has 0 aliphatic rings. The molecule has 0 aliphatic carbocycles. The van der Waals surface area contributed by atoms with E-state index >= 15 is 0 Å². The first-order chi connectivity index (χ1) is 13.4. The van der Waals surface area contributed by atoms with E-state index in [-0.39, 0.29) is 11.5 Å². The molecule has 28 heavy (non-hydrogen) atoms. The number of nitrogens with zero attached hydrogens (tertiary/aromatic N) is 4. The number of furan rings is 1. The summed E-state index contributed by atoms with van der Waals surface area (Å²) >= 11 is 13.5. The molecule has 4 rings (SSSR count). The number of rotatable bonds is 6. The molecule has 0 radical (unpaired) electrons. The number of fused-ring (bicyclic) bond motifs is 1. The van der Waals surface area contributed by atoms with Crippen LogP contribution in [0.4, 0.5) is 0 Å². The molecule has 0 unspecified atom stereocenters. The standard InChI is InChI=1S/C19H16Cl2N4O2S/c1-11-6-15(12(2)24(11)9-14-4-3-5-27-14)17(26)10-28-19-23-22-18-16(21)7-13(20)8-25(18)19/h3-8H,9-10H2,1-2H3. The zero-order valence-electron chi connectivity index (χ0n) is 15.1. The normalized spacial score (nSPS) is 11.4. The fourth-order valence-electron chi connectivity index (χ4n) is 3.09. The predicted octanol–water partition coefficient (Wildman–Crippen LogP) is 5.07. The van der Waals surface area contributed by atoms with Gasteiger partial charge in [-0.25, -0.2) is 0 Å². The Morgan fingerprint density at radius 3 is 2.82 bits per heavy atom. The highest BCUT2D eigenvalue weighted by molar-refractivity contribution is 7.99. The summed E-state index contributed by atoms with van der Waals surface area (Å²) in [7, 11) is 0. The van der Waals surface area contributed by atoms with E-state index in [1.54, 1.807) is 22.9 Å². The summed E-state index contributed by atoms with van der Waals surface area (Å²) < 4.78 is 9.19. The Balaban J connectivity index is 1.53. The first-order valence-electron chi connectivity index (χ1n) is 8.49. The Morgan fingerprint density at radius 1 is 1.25 bits per heavy atom. The largest absolute Gasteiger partial charge is 0.467 e. The molecule has 4 aromatic heterocycles. The number of aryl methyl sites for hydroxylation is 1. The Morgan fingerprint density at radius 2 is 2.07 bits per heavy atom. The van der Waals surface area contributed by atoms with E-state index in [2.05, 4.69) is 14.8 Å². The molecular weight excluding hydrogens is 419 g/mol. The molecule has 0 bridgehead atoms. The zero-order valence-corrected chi connectivity index (χ0v) is 17.5. The number of carbonyl (C=O) groups excluding carboxylic acids is 1. The van der Waals surface area contributed by atoms with Gasteiger partial charge in [0.05, 0.1) is 28.6 Å². The number of thioether (sulfide) groups is 1. The highest BCUT2D eigenvalue weighted by Crippen LogP contribution is 2.26. The van der Waals surface area contributed by atoms with Crippen LogP contribution in [0.25, 0.3) is 5.65 Å². The van der Waals surface area contributed by atoms with Crippen molar-refractivity contribution < 1.29 is 9.21 Å². The second-order valence-electron chi connectivity index (χ2n) is 6.34. The first-order valence-corrected chi connectivity index (χ1v) is 10.2. The van der Waals surface area contributed by atoms with Crippen molar-refractivity contribution in [2.24, 2.45) is 0 Å². The fraction of sp³-hybridized carbons (Fsp3) is 0.211. The second kappa shape index (κ2) is 7.66. The lowest BCUT2D eigenvalue weighted by molar-refractivity contribution is 0.102. The number of hydrogen-bond acceptors (Lipinski definition) is 5. The molecule has 0 saturated heterocycles. The van der Waals surface area contributed by atoms with Crippen LogP contribution in [0, 0.1) is 13.8 Å². The van der Waals surface area contributed by atoms with Crippen LogP contribution in [0.15, 0.2) is 46.3 Å². The number of aromatic nitrogens is 4. The lowest BCUT2D eigenvalue weighted by Crippen LogP contribution is -2.07.